The molecule has 1 fully saturated rings. The van der Waals surface area contributed by atoms with Crippen molar-refractivity contribution in [2.24, 2.45) is 11.8 Å². The molecule has 90 valence electrons. The van der Waals surface area contributed by atoms with Crippen molar-refractivity contribution in [1.29, 1.82) is 0 Å². The van der Waals surface area contributed by atoms with E-state index in [1.807, 2.05) is 6.07 Å². The molecule has 1 saturated carbocycles. The lowest BCUT2D eigenvalue weighted by Crippen LogP contribution is -2.16. The number of hydrogen-bond donors (Lipinski definition) is 2. The number of amides is 1. The van der Waals surface area contributed by atoms with Crippen LogP contribution in [0.2, 0.25) is 0 Å². The van der Waals surface area contributed by atoms with Crippen LogP contribution in [0.5, 0.6) is 0 Å². The molecule has 2 atom stereocenters. The van der Waals surface area contributed by atoms with E-state index in [9.17, 15) is 4.79 Å². The molecule has 1 aliphatic heterocycles. The number of hydrogen-bond acceptors (Lipinski definition) is 2. The highest BCUT2D eigenvalue weighted by atomic mass is 16.2. The maximum Gasteiger partial charge on any atom is 0.227 e. The zero-order valence-electron chi connectivity index (χ0n) is 10.1. The van der Waals surface area contributed by atoms with E-state index in [2.05, 4.69) is 29.7 Å². The third kappa shape index (κ3) is 2.14. The van der Waals surface area contributed by atoms with E-state index in [1.54, 1.807) is 0 Å². The van der Waals surface area contributed by atoms with E-state index in [1.165, 1.54) is 17.7 Å². The van der Waals surface area contributed by atoms with Gasteiger partial charge in [-0.15, -0.1) is 0 Å². The number of anilines is 2. The van der Waals surface area contributed by atoms with Crippen molar-refractivity contribution in [3.05, 3.63) is 23.8 Å². The number of carbonyl (C=O) groups is 1. The first kappa shape index (κ1) is 10.6. The number of carbonyl (C=O) groups excluding carboxylic acids is 1. The van der Waals surface area contributed by atoms with Crippen molar-refractivity contribution >= 4 is 17.3 Å². The first-order chi connectivity index (χ1) is 8.24. The van der Waals surface area contributed by atoms with Gasteiger partial charge in [0.25, 0.3) is 0 Å². The van der Waals surface area contributed by atoms with Gasteiger partial charge in [-0.3, -0.25) is 4.79 Å². The number of aryl methyl sites for hydroxylation is 1. The average molecular weight is 230 g/mol. The summed E-state index contributed by atoms with van der Waals surface area (Å²) >= 11 is 0. The maximum atomic E-state index is 11.8. The van der Waals surface area contributed by atoms with Gasteiger partial charge < -0.3 is 10.6 Å². The molecule has 1 heterocycles. The van der Waals surface area contributed by atoms with Crippen LogP contribution in [0, 0.1) is 11.8 Å². The summed E-state index contributed by atoms with van der Waals surface area (Å²) in [6.07, 6.45) is 3.36. The van der Waals surface area contributed by atoms with Crippen LogP contribution in [0.25, 0.3) is 0 Å². The molecule has 3 nitrogen and oxygen atoms in total. The highest BCUT2D eigenvalue weighted by Gasteiger charge is 2.39. The largest absolute Gasteiger partial charge is 0.385 e. The van der Waals surface area contributed by atoms with Gasteiger partial charge in [0, 0.05) is 23.8 Å². The third-order valence-electron chi connectivity index (χ3n) is 3.76. The summed E-state index contributed by atoms with van der Waals surface area (Å²) in [5.41, 5.74) is 3.45. The van der Waals surface area contributed by atoms with Crippen LogP contribution in [-0.4, -0.2) is 12.5 Å². The van der Waals surface area contributed by atoms with Gasteiger partial charge in [0.1, 0.15) is 0 Å². The fraction of sp³-hybridized carbons (Fsp3) is 0.500. The Labute approximate surface area is 102 Å². The smallest absolute Gasteiger partial charge is 0.227 e. The zero-order valence-corrected chi connectivity index (χ0v) is 10.1. The van der Waals surface area contributed by atoms with Crippen LogP contribution in [0.3, 0.4) is 0 Å². The monoisotopic (exact) mass is 230 g/mol. The normalized spacial score (nSPS) is 25.7. The van der Waals surface area contributed by atoms with Crippen molar-refractivity contribution in [1.82, 2.24) is 0 Å². The predicted molar refractivity (Wildman–Crippen MR) is 69.2 cm³/mol. The lowest BCUT2D eigenvalue weighted by atomic mass is 10.0. The maximum absolute atomic E-state index is 11.8. The molecule has 1 aliphatic carbocycles. The summed E-state index contributed by atoms with van der Waals surface area (Å²) in [5, 5.41) is 6.38. The van der Waals surface area contributed by atoms with Gasteiger partial charge in [-0.05, 0) is 42.9 Å². The van der Waals surface area contributed by atoms with E-state index in [-0.39, 0.29) is 11.8 Å². The third-order valence-corrected chi connectivity index (χ3v) is 3.76. The van der Waals surface area contributed by atoms with Gasteiger partial charge in [0.2, 0.25) is 5.91 Å². The van der Waals surface area contributed by atoms with Crippen LogP contribution in [0.4, 0.5) is 11.4 Å². The van der Waals surface area contributed by atoms with Crippen molar-refractivity contribution in [3.8, 4) is 0 Å². The fourth-order valence-corrected chi connectivity index (χ4v) is 2.46. The van der Waals surface area contributed by atoms with Crippen LogP contribution in [-0.2, 0) is 11.2 Å². The standard InChI is InChI=1S/C14H18N2O/c1-9-7-12(9)14(17)16-11-5-4-10-3-2-6-15-13(10)8-11/h4-5,8-9,12,15H,2-3,6-7H2,1H3,(H,16,17). The first-order valence-electron chi connectivity index (χ1n) is 6.42. The molecule has 2 N–H and O–H groups in total. The van der Waals surface area contributed by atoms with Crippen molar-refractivity contribution in [2.45, 2.75) is 26.2 Å². The summed E-state index contributed by atoms with van der Waals surface area (Å²) in [7, 11) is 0. The van der Waals surface area contributed by atoms with Crippen LogP contribution in [0.1, 0.15) is 25.3 Å². The minimum absolute atomic E-state index is 0.174. The van der Waals surface area contributed by atoms with E-state index < -0.39 is 0 Å². The zero-order chi connectivity index (χ0) is 11.8. The summed E-state index contributed by atoms with van der Waals surface area (Å²) in [5.74, 6) is 0.970. The second-order valence-electron chi connectivity index (χ2n) is 5.21. The molecule has 2 unspecified atom stereocenters. The second kappa shape index (κ2) is 4.06. The molecule has 17 heavy (non-hydrogen) atoms. The Bertz CT molecular complexity index is 456. The number of rotatable bonds is 2. The Kier molecular flexibility index (Phi) is 2.54. The van der Waals surface area contributed by atoms with Crippen LogP contribution < -0.4 is 10.6 Å². The van der Waals surface area contributed by atoms with E-state index >= 15 is 0 Å². The van der Waals surface area contributed by atoms with Gasteiger partial charge in [-0.25, -0.2) is 0 Å². The minimum Gasteiger partial charge on any atom is -0.385 e. The molecule has 1 aromatic carbocycles. The van der Waals surface area contributed by atoms with Crippen LogP contribution >= 0.6 is 0 Å². The van der Waals surface area contributed by atoms with Crippen molar-refractivity contribution < 1.29 is 4.79 Å². The Morgan fingerprint density at radius 2 is 2.29 bits per heavy atom. The Morgan fingerprint density at radius 1 is 1.47 bits per heavy atom. The summed E-state index contributed by atoms with van der Waals surface area (Å²) < 4.78 is 0. The van der Waals surface area contributed by atoms with Gasteiger partial charge in [0.05, 0.1) is 0 Å². The van der Waals surface area contributed by atoms with Gasteiger partial charge in [-0.1, -0.05) is 13.0 Å². The quantitative estimate of drug-likeness (QED) is 0.820. The SMILES string of the molecule is CC1CC1C(=O)Nc1ccc2c(c1)NCCC2. The van der Waals surface area contributed by atoms with Crippen molar-refractivity contribution in [3.63, 3.8) is 0 Å². The minimum atomic E-state index is 0.174. The van der Waals surface area contributed by atoms with Gasteiger partial charge >= 0.3 is 0 Å². The molecule has 2 aliphatic rings. The topological polar surface area (TPSA) is 41.1 Å². The molecule has 0 radical (unpaired) electrons. The number of nitrogens with one attached hydrogen (secondary N) is 2. The molecular weight excluding hydrogens is 212 g/mol. The highest BCUT2D eigenvalue weighted by Crippen LogP contribution is 2.38. The lowest BCUT2D eigenvalue weighted by Gasteiger charge is -2.18. The lowest BCUT2D eigenvalue weighted by molar-refractivity contribution is -0.117. The molecule has 1 aromatic rings. The Hall–Kier alpha value is -1.51. The number of fused-ring (bicyclic) bond motifs is 1. The molecule has 0 bridgehead atoms. The van der Waals surface area contributed by atoms with Crippen LogP contribution in [0.15, 0.2) is 18.2 Å². The van der Waals surface area contributed by atoms with E-state index in [0.717, 1.165) is 25.1 Å². The second-order valence-corrected chi connectivity index (χ2v) is 5.21. The number of benzene rings is 1. The summed E-state index contributed by atoms with van der Waals surface area (Å²) in [6.45, 7) is 3.16. The average Bonchev–Trinajstić information content (AvgIpc) is 3.06. The molecule has 0 saturated heterocycles. The molecule has 3 heteroatoms. The van der Waals surface area contributed by atoms with Gasteiger partial charge in [0.15, 0.2) is 0 Å². The van der Waals surface area contributed by atoms with Crippen molar-refractivity contribution in [2.75, 3.05) is 17.2 Å². The summed E-state index contributed by atoms with van der Waals surface area (Å²) in [4.78, 5) is 11.8. The Morgan fingerprint density at radius 3 is 3.06 bits per heavy atom. The van der Waals surface area contributed by atoms with E-state index in [0.29, 0.717) is 5.92 Å². The van der Waals surface area contributed by atoms with E-state index in [4.69, 9.17) is 0 Å². The first-order valence-corrected chi connectivity index (χ1v) is 6.42. The highest BCUT2D eigenvalue weighted by molar-refractivity contribution is 5.94. The molecule has 3 rings (SSSR count). The molecule has 0 aromatic heterocycles. The molecule has 0 spiro atoms. The molecule has 1 amide bonds. The Balaban J connectivity index is 1.73. The fourth-order valence-electron chi connectivity index (χ4n) is 2.46. The summed E-state index contributed by atoms with van der Waals surface area (Å²) in [6, 6.07) is 6.18. The van der Waals surface area contributed by atoms with Gasteiger partial charge in [-0.2, -0.15) is 0 Å². The molecular formula is C14H18N2O. The predicted octanol–water partition coefficient (Wildman–Crippen LogP) is 2.64.